The molecule has 0 bridgehead atoms. The van der Waals surface area contributed by atoms with Gasteiger partial charge in [0, 0.05) is 23.1 Å². The van der Waals surface area contributed by atoms with Crippen LogP contribution in [0.1, 0.15) is 51.8 Å². The third kappa shape index (κ3) is 4.42. The van der Waals surface area contributed by atoms with Gasteiger partial charge >= 0.3 is 12.0 Å². The number of nitrogens with one attached hydrogen (secondary N) is 2. The van der Waals surface area contributed by atoms with Gasteiger partial charge in [-0.15, -0.1) is 0 Å². The van der Waals surface area contributed by atoms with Crippen LogP contribution in [0.2, 0.25) is 0 Å². The molecule has 1 heterocycles. The molecular formula is C21H25N3O4. The fourth-order valence-electron chi connectivity index (χ4n) is 3.36. The van der Waals surface area contributed by atoms with Gasteiger partial charge in [-0.05, 0) is 58.2 Å². The second kappa shape index (κ2) is 7.88. The summed E-state index contributed by atoms with van der Waals surface area (Å²) < 4.78 is 7.22. The fourth-order valence-corrected chi connectivity index (χ4v) is 3.36. The number of aromatic nitrogens is 1. The third-order valence-electron chi connectivity index (χ3n) is 4.83. The Balaban J connectivity index is 1.52. The van der Waals surface area contributed by atoms with Crippen molar-refractivity contribution in [2.75, 3.05) is 11.9 Å². The monoisotopic (exact) mass is 383 g/mol. The van der Waals surface area contributed by atoms with Crippen molar-refractivity contribution in [3.63, 3.8) is 0 Å². The Morgan fingerprint density at radius 2 is 1.82 bits per heavy atom. The summed E-state index contributed by atoms with van der Waals surface area (Å²) in [7, 11) is 0. The van der Waals surface area contributed by atoms with E-state index in [2.05, 4.69) is 15.2 Å². The van der Waals surface area contributed by atoms with Crippen LogP contribution in [0.25, 0.3) is 0 Å². The van der Waals surface area contributed by atoms with Crippen molar-refractivity contribution in [2.45, 2.75) is 46.6 Å². The number of ether oxygens (including phenoxy) is 1. The van der Waals surface area contributed by atoms with Crippen molar-refractivity contribution in [1.29, 1.82) is 0 Å². The SMILES string of the molecule is Cc1ccc(NC(=O)NC(=O)COC(=O)c2cc(C)n(C3CC3)c2C)c(C)c1. The van der Waals surface area contributed by atoms with Crippen LogP contribution in [0.4, 0.5) is 10.5 Å². The Hall–Kier alpha value is -3.09. The Bertz CT molecular complexity index is 941. The highest BCUT2D eigenvalue weighted by Gasteiger charge is 2.28. The lowest BCUT2D eigenvalue weighted by Crippen LogP contribution is -2.37. The molecule has 1 aliphatic carbocycles. The Kier molecular flexibility index (Phi) is 5.53. The number of hydrogen-bond donors (Lipinski definition) is 2. The van der Waals surface area contributed by atoms with Gasteiger partial charge in [0.2, 0.25) is 0 Å². The minimum atomic E-state index is -0.688. The van der Waals surface area contributed by atoms with Crippen LogP contribution in [-0.2, 0) is 9.53 Å². The van der Waals surface area contributed by atoms with Crippen molar-refractivity contribution in [3.05, 3.63) is 52.3 Å². The summed E-state index contributed by atoms with van der Waals surface area (Å²) >= 11 is 0. The smallest absolute Gasteiger partial charge is 0.340 e. The lowest BCUT2D eigenvalue weighted by atomic mass is 10.1. The number of imide groups is 1. The molecule has 1 aromatic heterocycles. The van der Waals surface area contributed by atoms with E-state index in [4.69, 9.17) is 4.74 Å². The number of urea groups is 1. The maximum Gasteiger partial charge on any atom is 0.340 e. The van der Waals surface area contributed by atoms with Crippen molar-refractivity contribution < 1.29 is 19.1 Å². The highest BCUT2D eigenvalue weighted by Crippen LogP contribution is 2.38. The van der Waals surface area contributed by atoms with Crippen LogP contribution in [0, 0.1) is 27.7 Å². The average Bonchev–Trinajstić information content (AvgIpc) is 3.40. The lowest BCUT2D eigenvalue weighted by Gasteiger charge is -2.10. The van der Waals surface area contributed by atoms with Crippen molar-refractivity contribution >= 4 is 23.6 Å². The fraction of sp³-hybridized carbons (Fsp3) is 0.381. The van der Waals surface area contributed by atoms with E-state index < -0.39 is 24.5 Å². The molecule has 3 amide bonds. The third-order valence-corrected chi connectivity index (χ3v) is 4.83. The number of amides is 3. The molecule has 0 atom stereocenters. The molecule has 1 saturated carbocycles. The van der Waals surface area contributed by atoms with E-state index in [1.165, 1.54) is 0 Å². The highest BCUT2D eigenvalue weighted by molar-refractivity contribution is 6.02. The van der Waals surface area contributed by atoms with E-state index in [0.717, 1.165) is 35.4 Å². The minimum Gasteiger partial charge on any atom is -0.452 e. The van der Waals surface area contributed by atoms with Crippen LogP contribution < -0.4 is 10.6 Å². The number of anilines is 1. The Morgan fingerprint density at radius 1 is 1.11 bits per heavy atom. The first-order chi connectivity index (χ1) is 13.3. The average molecular weight is 383 g/mol. The summed E-state index contributed by atoms with van der Waals surface area (Å²) in [6.07, 6.45) is 2.23. The molecule has 2 N–H and O–H groups in total. The summed E-state index contributed by atoms with van der Waals surface area (Å²) in [5, 5.41) is 4.78. The summed E-state index contributed by atoms with van der Waals surface area (Å²) in [5.74, 6) is -1.25. The van der Waals surface area contributed by atoms with E-state index >= 15 is 0 Å². The van der Waals surface area contributed by atoms with E-state index in [1.54, 1.807) is 12.1 Å². The maximum atomic E-state index is 12.3. The van der Waals surface area contributed by atoms with Gasteiger partial charge in [0.15, 0.2) is 6.61 Å². The second-order valence-corrected chi connectivity index (χ2v) is 7.28. The Labute approximate surface area is 164 Å². The number of rotatable bonds is 5. The van der Waals surface area contributed by atoms with Gasteiger partial charge in [-0.2, -0.15) is 0 Å². The van der Waals surface area contributed by atoms with Crippen LogP contribution in [0.3, 0.4) is 0 Å². The van der Waals surface area contributed by atoms with E-state index in [1.807, 2.05) is 39.8 Å². The number of aryl methyl sites for hydroxylation is 3. The van der Waals surface area contributed by atoms with Gasteiger partial charge in [-0.25, -0.2) is 9.59 Å². The molecule has 0 spiro atoms. The zero-order valence-electron chi connectivity index (χ0n) is 16.6. The molecule has 28 heavy (non-hydrogen) atoms. The molecule has 1 fully saturated rings. The van der Waals surface area contributed by atoms with Crippen LogP contribution >= 0.6 is 0 Å². The quantitative estimate of drug-likeness (QED) is 0.773. The predicted molar refractivity (Wildman–Crippen MR) is 106 cm³/mol. The minimum absolute atomic E-state index is 0.455. The second-order valence-electron chi connectivity index (χ2n) is 7.28. The summed E-state index contributed by atoms with van der Waals surface area (Å²) in [6, 6.07) is 7.13. The van der Waals surface area contributed by atoms with Gasteiger partial charge in [-0.3, -0.25) is 10.1 Å². The van der Waals surface area contributed by atoms with E-state index in [9.17, 15) is 14.4 Å². The largest absolute Gasteiger partial charge is 0.452 e. The molecular weight excluding hydrogens is 358 g/mol. The molecule has 1 aliphatic rings. The number of esters is 1. The molecule has 0 saturated heterocycles. The zero-order valence-corrected chi connectivity index (χ0v) is 16.6. The first kappa shape index (κ1) is 19.7. The van der Waals surface area contributed by atoms with Gasteiger partial charge < -0.3 is 14.6 Å². The molecule has 148 valence electrons. The van der Waals surface area contributed by atoms with Gasteiger partial charge in [-0.1, -0.05) is 17.7 Å². The van der Waals surface area contributed by atoms with Gasteiger partial charge in [0.25, 0.3) is 5.91 Å². The summed E-state index contributed by atoms with van der Waals surface area (Å²) in [5.41, 5.74) is 4.88. The molecule has 0 unspecified atom stereocenters. The molecule has 0 radical (unpaired) electrons. The standard InChI is InChI=1S/C21H25N3O4/c1-12-5-8-18(13(2)9-12)22-21(27)23-19(25)11-28-20(26)17-10-14(3)24(15(17)4)16-6-7-16/h5,8-10,16H,6-7,11H2,1-4H3,(H2,22,23,25,27). The van der Waals surface area contributed by atoms with Crippen LogP contribution in [0.15, 0.2) is 24.3 Å². The number of benzene rings is 1. The van der Waals surface area contributed by atoms with Gasteiger partial charge in [0.1, 0.15) is 0 Å². The molecule has 3 rings (SSSR count). The summed E-state index contributed by atoms with van der Waals surface area (Å²) in [4.78, 5) is 36.2. The summed E-state index contributed by atoms with van der Waals surface area (Å²) in [6.45, 7) is 7.12. The Morgan fingerprint density at radius 3 is 2.46 bits per heavy atom. The lowest BCUT2D eigenvalue weighted by molar-refractivity contribution is -0.123. The maximum absolute atomic E-state index is 12.3. The molecule has 0 aliphatic heterocycles. The first-order valence-electron chi connectivity index (χ1n) is 9.30. The first-order valence-corrected chi connectivity index (χ1v) is 9.30. The normalized spacial score (nSPS) is 13.1. The number of carbonyl (C=O) groups excluding carboxylic acids is 3. The zero-order chi connectivity index (χ0) is 20.4. The molecule has 1 aromatic carbocycles. The topological polar surface area (TPSA) is 89.4 Å². The number of carbonyl (C=O) groups is 3. The van der Waals surface area contributed by atoms with E-state index in [0.29, 0.717) is 17.3 Å². The van der Waals surface area contributed by atoms with Crippen molar-refractivity contribution in [1.82, 2.24) is 9.88 Å². The number of hydrogen-bond acceptors (Lipinski definition) is 4. The predicted octanol–water partition coefficient (Wildman–Crippen LogP) is 3.56. The molecule has 7 heteroatoms. The van der Waals surface area contributed by atoms with E-state index in [-0.39, 0.29) is 0 Å². The highest BCUT2D eigenvalue weighted by atomic mass is 16.5. The van der Waals surface area contributed by atoms with Crippen molar-refractivity contribution in [3.8, 4) is 0 Å². The van der Waals surface area contributed by atoms with Crippen molar-refractivity contribution in [2.24, 2.45) is 0 Å². The van der Waals surface area contributed by atoms with Gasteiger partial charge in [0.05, 0.1) is 5.56 Å². The van der Waals surface area contributed by atoms with Crippen LogP contribution in [-0.4, -0.2) is 29.1 Å². The molecule has 7 nitrogen and oxygen atoms in total. The molecule has 2 aromatic rings. The van der Waals surface area contributed by atoms with Crippen LogP contribution in [0.5, 0.6) is 0 Å². The number of nitrogens with zero attached hydrogens (tertiary/aromatic N) is 1.